The fourth-order valence-corrected chi connectivity index (χ4v) is 4.36. The molecule has 1 amide bonds. The van der Waals surface area contributed by atoms with E-state index in [-0.39, 0.29) is 5.91 Å². The van der Waals surface area contributed by atoms with E-state index in [0.29, 0.717) is 24.6 Å². The van der Waals surface area contributed by atoms with Crippen LogP contribution in [-0.2, 0) is 4.74 Å². The molecule has 2 aromatic carbocycles. The van der Waals surface area contributed by atoms with E-state index in [1.165, 1.54) is 0 Å². The Balaban J connectivity index is 1.32. The molecule has 1 fully saturated rings. The number of morpholine rings is 1. The maximum absolute atomic E-state index is 13.0. The number of hydrogen-bond acceptors (Lipinski definition) is 5. The lowest BCUT2D eigenvalue weighted by Gasteiger charge is -2.28. The normalized spacial score (nSPS) is 14.1. The molecule has 0 aliphatic carbocycles. The van der Waals surface area contributed by atoms with Gasteiger partial charge in [-0.25, -0.2) is 4.98 Å². The van der Waals surface area contributed by atoms with Crippen LogP contribution < -0.4 is 10.2 Å². The third kappa shape index (κ3) is 3.60. The Labute approximate surface area is 189 Å². The van der Waals surface area contributed by atoms with Crippen LogP contribution in [0.25, 0.3) is 32.9 Å². The molecule has 8 heteroatoms. The third-order valence-electron chi connectivity index (χ3n) is 6.07. The number of anilines is 2. The van der Waals surface area contributed by atoms with Crippen LogP contribution in [0, 0.1) is 0 Å². The summed E-state index contributed by atoms with van der Waals surface area (Å²) >= 11 is 0. The van der Waals surface area contributed by atoms with Crippen LogP contribution in [0.15, 0.2) is 67.1 Å². The van der Waals surface area contributed by atoms with Crippen LogP contribution in [0.3, 0.4) is 0 Å². The number of pyridine rings is 1. The smallest absolute Gasteiger partial charge is 0.274 e. The van der Waals surface area contributed by atoms with Gasteiger partial charge in [-0.1, -0.05) is 12.1 Å². The first kappa shape index (κ1) is 19.5. The number of carbonyl (C=O) groups is 1. The molecular weight excluding hydrogens is 416 g/mol. The SMILES string of the molecule is O=C(Nc1cc(-c2cccc3[nH]ccc23)cc2[nH]ncc12)c1ccc(N2CCOCC2)cn1. The predicted molar refractivity (Wildman–Crippen MR) is 129 cm³/mol. The second-order valence-corrected chi connectivity index (χ2v) is 8.05. The maximum Gasteiger partial charge on any atom is 0.274 e. The van der Waals surface area contributed by atoms with Crippen molar-refractivity contribution < 1.29 is 9.53 Å². The first-order chi connectivity index (χ1) is 16.3. The van der Waals surface area contributed by atoms with E-state index in [2.05, 4.69) is 48.6 Å². The van der Waals surface area contributed by atoms with Crippen LogP contribution in [-0.4, -0.2) is 52.4 Å². The molecule has 0 saturated carbocycles. The lowest BCUT2D eigenvalue weighted by atomic mass is 9.99. The van der Waals surface area contributed by atoms with Gasteiger partial charge < -0.3 is 19.9 Å². The number of rotatable bonds is 4. The molecule has 0 bridgehead atoms. The van der Waals surface area contributed by atoms with Gasteiger partial charge in [0.15, 0.2) is 0 Å². The van der Waals surface area contributed by atoms with Crippen molar-refractivity contribution in [3.8, 4) is 11.1 Å². The van der Waals surface area contributed by atoms with Gasteiger partial charge in [0.05, 0.1) is 42.5 Å². The summed E-state index contributed by atoms with van der Waals surface area (Å²) in [5.74, 6) is -0.261. The van der Waals surface area contributed by atoms with E-state index >= 15 is 0 Å². The summed E-state index contributed by atoms with van der Waals surface area (Å²) in [6.45, 7) is 3.06. The zero-order valence-corrected chi connectivity index (χ0v) is 17.8. The number of carbonyl (C=O) groups excluding carboxylic acids is 1. The summed E-state index contributed by atoms with van der Waals surface area (Å²) < 4.78 is 5.40. The lowest BCUT2D eigenvalue weighted by molar-refractivity contribution is 0.102. The molecule has 164 valence electrons. The number of aromatic amines is 2. The Morgan fingerprint density at radius 2 is 1.91 bits per heavy atom. The van der Waals surface area contributed by atoms with Gasteiger partial charge in [0.1, 0.15) is 5.69 Å². The van der Waals surface area contributed by atoms with E-state index < -0.39 is 0 Å². The van der Waals surface area contributed by atoms with Crippen LogP contribution in [0.2, 0.25) is 0 Å². The Bertz CT molecular complexity index is 1450. The molecule has 0 radical (unpaired) electrons. The summed E-state index contributed by atoms with van der Waals surface area (Å²) in [6.07, 6.45) is 5.40. The van der Waals surface area contributed by atoms with Crippen molar-refractivity contribution in [2.45, 2.75) is 0 Å². The highest BCUT2D eigenvalue weighted by Crippen LogP contribution is 2.34. The second-order valence-electron chi connectivity index (χ2n) is 8.05. The van der Waals surface area contributed by atoms with Crippen LogP contribution >= 0.6 is 0 Å². The number of aromatic nitrogens is 4. The van der Waals surface area contributed by atoms with Crippen molar-refractivity contribution in [1.29, 1.82) is 0 Å². The standard InChI is InChI=1S/C25H22N6O2/c32-25(22-5-4-17(14-27-22)31-8-10-33-11-9-31)29-23-12-16(13-24-20(23)15-28-30-24)18-2-1-3-21-19(18)6-7-26-21/h1-7,12-15,26H,8-11H2,(H,28,30)(H,29,32). The van der Waals surface area contributed by atoms with Crippen LogP contribution in [0.5, 0.6) is 0 Å². The van der Waals surface area contributed by atoms with Gasteiger partial charge in [-0.15, -0.1) is 0 Å². The van der Waals surface area contributed by atoms with Crippen LogP contribution in [0.1, 0.15) is 10.5 Å². The van der Waals surface area contributed by atoms with Crippen molar-refractivity contribution in [2.24, 2.45) is 0 Å². The number of hydrogen-bond donors (Lipinski definition) is 3. The van der Waals surface area contributed by atoms with Gasteiger partial charge >= 0.3 is 0 Å². The van der Waals surface area contributed by atoms with Gasteiger partial charge in [0.2, 0.25) is 0 Å². The summed E-state index contributed by atoms with van der Waals surface area (Å²) in [4.78, 5) is 22.9. The first-order valence-corrected chi connectivity index (χ1v) is 10.9. The van der Waals surface area contributed by atoms with Gasteiger partial charge in [-0.2, -0.15) is 5.10 Å². The molecule has 6 rings (SSSR count). The number of nitrogens with one attached hydrogen (secondary N) is 3. The van der Waals surface area contributed by atoms with Gasteiger partial charge in [0, 0.05) is 35.6 Å². The van der Waals surface area contributed by atoms with E-state index in [9.17, 15) is 4.79 Å². The van der Waals surface area contributed by atoms with E-state index in [1.807, 2.05) is 30.5 Å². The highest BCUT2D eigenvalue weighted by molar-refractivity contribution is 6.09. The number of fused-ring (bicyclic) bond motifs is 2. The highest BCUT2D eigenvalue weighted by Gasteiger charge is 2.16. The zero-order valence-electron chi connectivity index (χ0n) is 17.8. The molecule has 1 aliphatic heterocycles. The predicted octanol–water partition coefficient (Wildman–Crippen LogP) is 4.20. The van der Waals surface area contributed by atoms with Crippen molar-refractivity contribution in [1.82, 2.24) is 20.2 Å². The van der Waals surface area contributed by atoms with Crippen molar-refractivity contribution in [2.75, 3.05) is 36.5 Å². The molecule has 1 saturated heterocycles. The molecule has 8 nitrogen and oxygen atoms in total. The second kappa shape index (κ2) is 8.07. The highest BCUT2D eigenvalue weighted by atomic mass is 16.5. The molecule has 4 heterocycles. The fraction of sp³-hybridized carbons (Fsp3) is 0.160. The average molecular weight is 438 g/mol. The first-order valence-electron chi connectivity index (χ1n) is 10.9. The summed E-state index contributed by atoms with van der Waals surface area (Å²) in [5.41, 5.74) is 6.03. The Morgan fingerprint density at radius 3 is 2.76 bits per heavy atom. The van der Waals surface area contributed by atoms with Crippen molar-refractivity contribution >= 4 is 39.1 Å². The average Bonchev–Trinajstić information content (AvgIpc) is 3.54. The Kier molecular flexibility index (Phi) is 4.77. The molecule has 0 spiro atoms. The molecule has 3 aromatic heterocycles. The molecular formula is C25H22N6O2. The van der Waals surface area contributed by atoms with E-state index in [0.717, 1.165) is 51.7 Å². The summed E-state index contributed by atoms with van der Waals surface area (Å²) in [6, 6.07) is 15.9. The minimum Gasteiger partial charge on any atom is -0.378 e. The number of nitrogens with zero attached hydrogens (tertiary/aromatic N) is 3. The zero-order chi connectivity index (χ0) is 22.2. The van der Waals surface area contributed by atoms with E-state index in [4.69, 9.17) is 4.74 Å². The van der Waals surface area contributed by atoms with Crippen molar-refractivity contribution in [3.63, 3.8) is 0 Å². The van der Waals surface area contributed by atoms with Crippen molar-refractivity contribution in [3.05, 3.63) is 72.8 Å². The number of ether oxygens (including phenoxy) is 1. The Morgan fingerprint density at radius 1 is 1.00 bits per heavy atom. The molecule has 3 N–H and O–H groups in total. The molecule has 5 aromatic rings. The Hall–Kier alpha value is -4.17. The fourth-order valence-electron chi connectivity index (χ4n) is 4.36. The van der Waals surface area contributed by atoms with Gasteiger partial charge in [-0.05, 0) is 47.5 Å². The summed E-state index contributed by atoms with van der Waals surface area (Å²) in [7, 11) is 0. The molecule has 0 unspecified atom stereocenters. The molecule has 33 heavy (non-hydrogen) atoms. The quantitative estimate of drug-likeness (QED) is 0.391. The topological polar surface area (TPSA) is 98.9 Å². The minimum absolute atomic E-state index is 0.261. The molecule has 1 aliphatic rings. The third-order valence-corrected chi connectivity index (χ3v) is 6.07. The van der Waals surface area contributed by atoms with E-state index in [1.54, 1.807) is 18.5 Å². The number of benzene rings is 2. The monoisotopic (exact) mass is 438 g/mol. The summed E-state index contributed by atoms with van der Waals surface area (Å²) in [5, 5.41) is 12.2. The molecule has 0 atom stereocenters. The number of amides is 1. The van der Waals surface area contributed by atoms with Gasteiger partial charge in [-0.3, -0.25) is 9.89 Å². The minimum atomic E-state index is -0.261. The van der Waals surface area contributed by atoms with Gasteiger partial charge in [0.25, 0.3) is 5.91 Å². The van der Waals surface area contributed by atoms with Crippen LogP contribution in [0.4, 0.5) is 11.4 Å². The lowest BCUT2D eigenvalue weighted by Crippen LogP contribution is -2.36. The maximum atomic E-state index is 13.0. The largest absolute Gasteiger partial charge is 0.378 e. The number of H-pyrrole nitrogens is 2.